The third-order valence-corrected chi connectivity index (χ3v) is 5.05. The summed E-state index contributed by atoms with van der Waals surface area (Å²) in [5.41, 5.74) is 2.67. The van der Waals surface area contributed by atoms with E-state index >= 15 is 0 Å². The molecule has 0 aliphatic carbocycles. The van der Waals surface area contributed by atoms with Gasteiger partial charge in [-0.1, -0.05) is 52.3 Å². The van der Waals surface area contributed by atoms with Crippen molar-refractivity contribution in [3.05, 3.63) is 48.0 Å². The Morgan fingerprint density at radius 2 is 1.79 bits per heavy atom. The number of hydrogen-bond acceptors (Lipinski definition) is 5. The lowest BCUT2D eigenvalue weighted by Crippen LogP contribution is -2.32. The minimum absolute atomic E-state index is 0.0897. The lowest BCUT2D eigenvalue weighted by atomic mass is 9.77. The van der Waals surface area contributed by atoms with E-state index in [2.05, 4.69) is 17.1 Å². The van der Waals surface area contributed by atoms with Crippen LogP contribution < -0.4 is 0 Å². The minimum atomic E-state index is -0.290. The number of unbranched alkanes of at least 4 members (excludes halogenated alkanes) is 1. The van der Waals surface area contributed by atoms with Crippen LogP contribution in [-0.2, 0) is 16.0 Å². The molecule has 3 rings (SSSR count). The number of aromatic hydroxyl groups is 1. The SMILES string of the molecule is CCCCOC(=O)C(Cc1ccc(O)c(-n2nc3ccccc3n2)c1)C(C)(C)C. The second-order valence-electron chi connectivity index (χ2n) is 8.45. The molecule has 1 aromatic heterocycles. The molecule has 0 amide bonds. The summed E-state index contributed by atoms with van der Waals surface area (Å²) in [6.07, 6.45) is 2.37. The number of carbonyl (C=O) groups is 1. The Kier molecular flexibility index (Phi) is 6.20. The van der Waals surface area contributed by atoms with Crippen molar-refractivity contribution in [2.24, 2.45) is 11.3 Å². The Labute approximate surface area is 171 Å². The summed E-state index contributed by atoms with van der Waals surface area (Å²) in [7, 11) is 0. The first-order valence-electron chi connectivity index (χ1n) is 10.1. The molecule has 0 spiro atoms. The van der Waals surface area contributed by atoms with Gasteiger partial charge in [0.05, 0.1) is 12.5 Å². The molecule has 0 fully saturated rings. The third kappa shape index (κ3) is 4.94. The van der Waals surface area contributed by atoms with Gasteiger partial charge in [0, 0.05) is 0 Å². The van der Waals surface area contributed by atoms with Crippen molar-refractivity contribution in [1.29, 1.82) is 0 Å². The molecule has 0 bridgehead atoms. The molecule has 3 aromatic rings. The number of phenolic OH excluding ortho intramolecular Hbond substituents is 1. The van der Waals surface area contributed by atoms with Crippen LogP contribution in [0.5, 0.6) is 5.75 Å². The topological polar surface area (TPSA) is 77.2 Å². The lowest BCUT2D eigenvalue weighted by molar-refractivity contribution is -0.152. The Morgan fingerprint density at radius 3 is 2.38 bits per heavy atom. The van der Waals surface area contributed by atoms with Gasteiger partial charge in [-0.05, 0) is 48.1 Å². The van der Waals surface area contributed by atoms with Crippen LogP contribution in [0.1, 0.15) is 46.1 Å². The Balaban J connectivity index is 1.88. The fourth-order valence-electron chi connectivity index (χ4n) is 3.22. The summed E-state index contributed by atoms with van der Waals surface area (Å²) in [6.45, 7) is 8.65. The van der Waals surface area contributed by atoms with Gasteiger partial charge < -0.3 is 9.84 Å². The second kappa shape index (κ2) is 8.64. The zero-order valence-corrected chi connectivity index (χ0v) is 17.6. The molecule has 0 radical (unpaired) electrons. The molecule has 1 unspecified atom stereocenters. The first kappa shape index (κ1) is 20.8. The number of fused-ring (bicyclic) bond motifs is 1. The first-order chi connectivity index (χ1) is 13.8. The van der Waals surface area contributed by atoms with Gasteiger partial charge in [-0.25, -0.2) is 0 Å². The Hall–Kier alpha value is -2.89. The fraction of sp³-hybridized carbons (Fsp3) is 0.435. The highest BCUT2D eigenvalue weighted by Gasteiger charge is 2.33. The lowest BCUT2D eigenvalue weighted by Gasteiger charge is -2.29. The normalized spacial score (nSPS) is 12.8. The smallest absolute Gasteiger partial charge is 0.309 e. The zero-order chi connectivity index (χ0) is 21.0. The molecule has 1 N–H and O–H groups in total. The van der Waals surface area contributed by atoms with Gasteiger partial charge in [0.25, 0.3) is 0 Å². The number of phenols is 1. The molecule has 0 saturated carbocycles. The highest BCUT2D eigenvalue weighted by atomic mass is 16.5. The predicted molar refractivity (Wildman–Crippen MR) is 113 cm³/mol. The molecule has 6 heteroatoms. The van der Waals surface area contributed by atoms with E-state index in [9.17, 15) is 9.90 Å². The summed E-state index contributed by atoms with van der Waals surface area (Å²) in [4.78, 5) is 14.1. The predicted octanol–water partition coefficient (Wildman–Crippen LogP) is 4.67. The molecule has 1 heterocycles. The van der Waals surface area contributed by atoms with Crippen molar-refractivity contribution >= 4 is 17.0 Å². The summed E-state index contributed by atoms with van der Waals surface area (Å²) in [6, 6.07) is 12.8. The molecular weight excluding hydrogens is 366 g/mol. The molecule has 0 aliphatic rings. The molecule has 0 saturated heterocycles. The molecule has 2 aromatic carbocycles. The molecule has 1 atom stereocenters. The molecular formula is C23H29N3O3. The van der Waals surface area contributed by atoms with Crippen molar-refractivity contribution in [3.8, 4) is 11.4 Å². The summed E-state index contributed by atoms with van der Waals surface area (Å²) in [5, 5.41) is 19.3. The summed E-state index contributed by atoms with van der Waals surface area (Å²) < 4.78 is 5.50. The number of rotatable bonds is 7. The van der Waals surface area contributed by atoms with E-state index < -0.39 is 0 Å². The van der Waals surface area contributed by atoms with E-state index in [0.717, 1.165) is 29.4 Å². The molecule has 0 aliphatic heterocycles. The third-order valence-electron chi connectivity index (χ3n) is 5.05. The van der Waals surface area contributed by atoms with Crippen LogP contribution in [0.3, 0.4) is 0 Å². The maximum atomic E-state index is 12.7. The van der Waals surface area contributed by atoms with Gasteiger partial charge in [-0.2, -0.15) is 0 Å². The van der Waals surface area contributed by atoms with Crippen LogP contribution in [0.15, 0.2) is 42.5 Å². The van der Waals surface area contributed by atoms with Crippen molar-refractivity contribution in [2.75, 3.05) is 6.61 Å². The van der Waals surface area contributed by atoms with Crippen molar-refractivity contribution < 1.29 is 14.6 Å². The van der Waals surface area contributed by atoms with Crippen molar-refractivity contribution in [2.45, 2.75) is 47.0 Å². The maximum absolute atomic E-state index is 12.7. The van der Waals surface area contributed by atoms with Crippen molar-refractivity contribution in [3.63, 3.8) is 0 Å². The van der Waals surface area contributed by atoms with E-state index in [-0.39, 0.29) is 23.1 Å². The number of aromatic nitrogens is 3. The van der Waals surface area contributed by atoms with Gasteiger partial charge in [-0.15, -0.1) is 15.0 Å². The van der Waals surface area contributed by atoms with Gasteiger partial charge in [-0.3, -0.25) is 4.79 Å². The van der Waals surface area contributed by atoms with Gasteiger partial charge in [0.1, 0.15) is 22.5 Å². The number of nitrogens with zero attached hydrogens (tertiary/aromatic N) is 3. The molecule has 29 heavy (non-hydrogen) atoms. The largest absolute Gasteiger partial charge is 0.506 e. The van der Waals surface area contributed by atoms with Crippen LogP contribution in [0, 0.1) is 11.3 Å². The van der Waals surface area contributed by atoms with Gasteiger partial charge in [0.15, 0.2) is 0 Å². The second-order valence-corrected chi connectivity index (χ2v) is 8.45. The van der Waals surface area contributed by atoms with Crippen LogP contribution >= 0.6 is 0 Å². The van der Waals surface area contributed by atoms with Gasteiger partial charge >= 0.3 is 5.97 Å². The maximum Gasteiger partial charge on any atom is 0.309 e. The highest BCUT2D eigenvalue weighted by Crippen LogP contribution is 2.32. The zero-order valence-electron chi connectivity index (χ0n) is 17.6. The van der Waals surface area contributed by atoms with E-state index in [1.807, 2.05) is 57.2 Å². The number of carbonyl (C=O) groups excluding carboxylic acids is 1. The monoisotopic (exact) mass is 395 g/mol. The number of benzene rings is 2. The average molecular weight is 396 g/mol. The summed E-state index contributed by atoms with van der Waals surface area (Å²) >= 11 is 0. The minimum Gasteiger partial charge on any atom is -0.506 e. The molecule has 154 valence electrons. The van der Waals surface area contributed by atoms with Crippen LogP contribution in [0.4, 0.5) is 0 Å². The quantitative estimate of drug-likeness (QED) is 0.464. The van der Waals surface area contributed by atoms with E-state index in [4.69, 9.17) is 4.74 Å². The van der Waals surface area contributed by atoms with Crippen LogP contribution in [0.2, 0.25) is 0 Å². The fourth-order valence-corrected chi connectivity index (χ4v) is 3.22. The van der Waals surface area contributed by atoms with Crippen molar-refractivity contribution in [1.82, 2.24) is 15.0 Å². The average Bonchev–Trinajstić information content (AvgIpc) is 3.10. The Bertz CT molecular complexity index is 955. The standard InChI is InChI=1S/C23H29N3O3/c1-5-6-13-29-22(28)17(23(2,3)4)14-16-11-12-21(27)20(15-16)26-24-18-9-7-8-10-19(18)25-26/h7-12,15,17,27H,5-6,13-14H2,1-4H3. The van der Waals surface area contributed by atoms with Crippen LogP contribution in [-0.4, -0.2) is 32.7 Å². The molecule has 6 nitrogen and oxygen atoms in total. The van der Waals surface area contributed by atoms with Crippen LogP contribution in [0.25, 0.3) is 16.7 Å². The van der Waals surface area contributed by atoms with E-state index in [1.54, 1.807) is 6.07 Å². The number of hydrogen-bond donors (Lipinski definition) is 1. The van der Waals surface area contributed by atoms with E-state index in [1.165, 1.54) is 4.80 Å². The Morgan fingerprint density at radius 1 is 1.14 bits per heavy atom. The van der Waals surface area contributed by atoms with Gasteiger partial charge in [0.2, 0.25) is 0 Å². The highest BCUT2D eigenvalue weighted by molar-refractivity contribution is 5.74. The number of esters is 1. The first-order valence-corrected chi connectivity index (χ1v) is 10.1. The van der Waals surface area contributed by atoms with E-state index in [0.29, 0.717) is 18.7 Å². The number of ether oxygens (including phenoxy) is 1. The summed E-state index contributed by atoms with van der Waals surface area (Å²) in [5.74, 6) is -0.378.